The van der Waals surface area contributed by atoms with Gasteiger partial charge < -0.3 is 10.6 Å². The summed E-state index contributed by atoms with van der Waals surface area (Å²) in [6.45, 7) is 3.81. The molecule has 2 N–H and O–H groups in total. The minimum atomic E-state index is -0.0248. The third kappa shape index (κ3) is 2.93. The predicted octanol–water partition coefficient (Wildman–Crippen LogP) is 4.50. The smallest absolute Gasteiger partial charge is 0.226 e. The summed E-state index contributed by atoms with van der Waals surface area (Å²) < 4.78 is 0. The number of pyridine rings is 1. The van der Waals surface area contributed by atoms with Crippen LogP contribution in [0.25, 0.3) is 0 Å². The fourth-order valence-corrected chi connectivity index (χ4v) is 3.85. The van der Waals surface area contributed by atoms with Gasteiger partial charge in [0.25, 0.3) is 0 Å². The monoisotopic (exact) mass is 333 g/mol. The summed E-state index contributed by atoms with van der Waals surface area (Å²) in [4.78, 5) is 16.3. The van der Waals surface area contributed by atoms with E-state index in [1.807, 2.05) is 38.4 Å². The van der Waals surface area contributed by atoms with Crippen molar-refractivity contribution in [3.8, 4) is 0 Å². The van der Waals surface area contributed by atoms with Crippen LogP contribution in [0.5, 0.6) is 0 Å². The van der Waals surface area contributed by atoms with Gasteiger partial charge in [-0.2, -0.15) is 0 Å². The lowest BCUT2D eigenvalue weighted by Crippen LogP contribution is -2.29. The van der Waals surface area contributed by atoms with Crippen molar-refractivity contribution in [3.05, 3.63) is 66.0 Å². The first-order valence-electron chi connectivity index (χ1n) is 8.91. The molecule has 3 atom stereocenters. The second kappa shape index (κ2) is 6.36. The van der Waals surface area contributed by atoms with E-state index in [4.69, 9.17) is 0 Å². The number of amides is 1. The van der Waals surface area contributed by atoms with E-state index < -0.39 is 0 Å². The van der Waals surface area contributed by atoms with E-state index in [9.17, 15) is 4.79 Å². The molecular formula is C21H23N3O. The van der Waals surface area contributed by atoms with Gasteiger partial charge in [-0.3, -0.25) is 9.78 Å². The zero-order valence-corrected chi connectivity index (χ0v) is 14.6. The van der Waals surface area contributed by atoms with Crippen LogP contribution >= 0.6 is 0 Å². The first-order valence-corrected chi connectivity index (χ1v) is 8.91. The summed E-state index contributed by atoms with van der Waals surface area (Å²) in [6.07, 6.45) is 9.40. The van der Waals surface area contributed by atoms with Gasteiger partial charge in [0, 0.05) is 35.6 Å². The number of anilines is 2. The highest BCUT2D eigenvalue weighted by atomic mass is 16.1. The minimum Gasteiger partial charge on any atom is -0.378 e. The number of nitrogens with zero attached hydrogens (tertiary/aromatic N) is 1. The molecule has 0 fully saturated rings. The molecule has 4 rings (SSSR count). The van der Waals surface area contributed by atoms with E-state index in [1.165, 1.54) is 11.1 Å². The molecule has 2 heterocycles. The lowest BCUT2D eigenvalue weighted by atomic mass is 9.77. The van der Waals surface area contributed by atoms with Crippen LogP contribution in [0.1, 0.15) is 43.4 Å². The Bertz CT molecular complexity index is 813. The molecule has 25 heavy (non-hydrogen) atoms. The van der Waals surface area contributed by atoms with E-state index in [2.05, 4.69) is 46.0 Å². The number of carbonyl (C=O) groups excluding carboxylic acids is 1. The summed E-state index contributed by atoms with van der Waals surface area (Å²) >= 11 is 0. The van der Waals surface area contributed by atoms with Gasteiger partial charge in [-0.15, -0.1) is 0 Å². The van der Waals surface area contributed by atoms with E-state index >= 15 is 0 Å². The van der Waals surface area contributed by atoms with Crippen molar-refractivity contribution in [2.75, 3.05) is 10.6 Å². The second-order valence-corrected chi connectivity index (χ2v) is 7.21. The van der Waals surface area contributed by atoms with E-state index in [1.54, 1.807) is 0 Å². The number of aromatic nitrogens is 1. The molecule has 1 aliphatic heterocycles. The summed E-state index contributed by atoms with van der Waals surface area (Å²) in [6, 6.07) is 10.6. The SMILES string of the molecule is CC(C)C(=O)Nc1ccc2c(c1)C1C=CCC1C(c1cccnc1)N2. The fraction of sp³-hybridized carbons (Fsp3) is 0.333. The number of fused-ring (bicyclic) bond motifs is 3. The zero-order chi connectivity index (χ0) is 17.4. The third-order valence-corrected chi connectivity index (χ3v) is 5.20. The molecule has 1 aromatic carbocycles. The second-order valence-electron chi connectivity index (χ2n) is 7.21. The van der Waals surface area contributed by atoms with Gasteiger partial charge in [0.15, 0.2) is 0 Å². The Labute approximate surface area is 148 Å². The highest BCUT2D eigenvalue weighted by Crippen LogP contribution is 2.50. The summed E-state index contributed by atoms with van der Waals surface area (Å²) in [5.74, 6) is 0.879. The van der Waals surface area contributed by atoms with Crippen molar-refractivity contribution in [3.63, 3.8) is 0 Å². The molecule has 1 aliphatic carbocycles. The van der Waals surface area contributed by atoms with Crippen LogP contribution < -0.4 is 10.6 Å². The van der Waals surface area contributed by atoms with Crippen LogP contribution in [0.15, 0.2) is 54.9 Å². The van der Waals surface area contributed by atoms with Crippen LogP contribution in [-0.4, -0.2) is 10.9 Å². The van der Waals surface area contributed by atoms with Gasteiger partial charge >= 0.3 is 0 Å². The first kappa shape index (κ1) is 15.9. The van der Waals surface area contributed by atoms with E-state index in [-0.39, 0.29) is 17.9 Å². The molecule has 0 saturated heterocycles. The average Bonchev–Trinajstić information content (AvgIpc) is 3.12. The Morgan fingerprint density at radius 1 is 1.32 bits per heavy atom. The average molecular weight is 333 g/mol. The van der Waals surface area contributed by atoms with Gasteiger partial charge in [-0.25, -0.2) is 0 Å². The Morgan fingerprint density at radius 2 is 2.20 bits per heavy atom. The Kier molecular flexibility index (Phi) is 4.04. The topological polar surface area (TPSA) is 54.0 Å². The predicted molar refractivity (Wildman–Crippen MR) is 100 cm³/mol. The molecule has 4 heteroatoms. The van der Waals surface area contributed by atoms with Crippen LogP contribution in [0, 0.1) is 11.8 Å². The quantitative estimate of drug-likeness (QED) is 0.813. The molecule has 2 aliphatic rings. The molecule has 4 nitrogen and oxygen atoms in total. The van der Waals surface area contributed by atoms with Crippen LogP contribution in [0.2, 0.25) is 0 Å². The number of nitrogens with one attached hydrogen (secondary N) is 2. The number of rotatable bonds is 3. The van der Waals surface area contributed by atoms with Crippen LogP contribution in [0.3, 0.4) is 0 Å². The number of hydrogen-bond donors (Lipinski definition) is 2. The van der Waals surface area contributed by atoms with Gasteiger partial charge in [-0.05, 0) is 47.7 Å². The van der Waals surface area contributed by atoms with Crippen LogP contribution in [0.4, 0.5) is 11.4 Å². The van der Waals surface area contributed by atoms with Gasteiger partial charge in [0.1, 0.15) is 0 Å². The minimum absolute atomic E-state index is 0.0248. The highest BCUT2D eigenvalue weighted by molar-refractivity contribution is 5.92. The van der Waals surface area contributed by atoms with Crippen molar-refractivity contribution in [2.24, 2.45) is 11.8 Å². The van der Waals surface area contributed by atoms with E-state index in [0.29, 0.717) is 11.8 Å². The summed E-state index contributed by atoms with van der Waals surface area (Å²) in [7, 11) is 0. The Hall–Kier alpha value is -2.62. The molecular weight excluding hydrogens is 310 g/mol. The molecule has 128 valence electrons. The highest BCUT2D eigenvalue weighted by Gasteiger charge is 2.38. The molecule has 1 aromatic heterocycles. The lowest BCUT2D eigenvalue weighted by molar-refractivity contribution is -0.118. The summed E-state index contributed by atoms with van der Waals surface area (Å²) in [5, 5.41) is 6.71. The van der Waals surface area contributed by atoms with E-state index in [0.717, 1.165) is 17.8 Å². The number of hydrogen-bond acceptors (Lipinski definition) is 3. The Balaban J connectivity index is 1.67. The molecule has 1 amide bonds. The largest absolute Gasteiger partial charge is 0.378 e. The van der Waals surface area contributed by atoms with Crippen molar-refractivity contribution < 1.29 is 4.79 Å². The first-order chi connectivity index (χ1) is 12.1. The number of benzene rings is 1. The normalized spacial score (nSPS) is 23.7. The fourth-order valence-electron chi connectivity index (χ4n) is 3.85. The van der Waals surface area contributed by atoms with Gasteiger partial charge in [0.2, 0.25) is 5.91 Å². The van der Waals surface area contributed by atoms with Crippen molar-refractivity contribution in [1.82, 2.24) is 4.98 Å². The number of allylic oxidation sites excluding steroid dienone is 2. The van der Waals surface area contributed by atoms with Gasteiger partial charge in [-0.1, -0.05) is 32.1 Å². The maximum atomic E-state index is 12.0. The van der Waals surface area contributed by atoms with Crippen LogP contribution in [-0.2, 0) is 4.79 Å². The maximum absolute atomic E-state index is 12.0. The molecule has 3 unspecified atom stereocenters. The molecule has 0 saturated carbocycles. The standard InChI is InChI=1S/C21H23N3O/c1-13(2)21(25)23-15-8-9-19-18(11-15)16-6-3-7-17(16)20(24-19)14-5-4-10-22-12-14/h3-6,8-13,16-17,20,24H,7H2,1-2H3,(H,23,25). The lowest BCUT2D eigenvalue weighted by Gasteiger charge is -2.37. The van der Waals surface area contributed by atoms with Crippen molar-refractivity contribution in [2.45, 2.75) is 32.2 Å². The maximum Gasteiger partial charge on any atom is 0.226 e. The zero-order valence-electron chi connectivity index (χ0n) is 14.6. The van der Waals surface area contributed by atoms with Crippen molar-refractivity contribution in [1.29, 1.82) is 0 Å². The van der Waals surface area contributed by atoms with Gasteiger partial charge in [0.05, 0.1) is 6.04 Å². The molecule has 2 aromatic rings. The molecule has 0 bridgehead atoms. The molecule has 0 radical (unpaired) electrons. The molecule has 0 spiro atoms. The Morgan fingerprint density at radius 3 is 2.96 bits per heavy atom. The third-order valence-electron chi connectivity index (χ3n) is 5.20. The number of carbonyl (C=O) groups is 1. The summed E-state index contributed by atoms with van der Waals surface area (Å²) in [5.41, 5.74) is 4.51. The van der Waals surface area contributed by atoms with Crippen molar-refractivity contribution >= 4 is 17.3 Å².